The fraction of sp³-hybridized carbons (Fsp3) is 0.458. The maximum absolute atomic E-state index is 12.9. The Hall–Kier alpha value is -2.77. The molecule has 2 aromatic heterocycles. The number of pyridine rings is 1. The Morgan fingerprint density at radius 3 is 2.81 bits per heavy atom. The minimum Gasteiger partial charge on any atom is -0.379 e. The van der Waals surface area contributed by atoms with Crippen molar-refractivity contribution in [2.75, 3.05) is 45.9 Å². The number of hydrogen-bond donors (Lipinski definition) is 0. The number of hydrogen-bond acceptors (Lipinski definition) is 5. The standard InChI is InChI=1S/C24H27N5O2/c30-23(16-27-9-11-31-12-10-27)28-7-5-24(17-28)6-8-29-22(24)14-21(26-29)19-13-18-3-1-2-4-20(18)25-15-19/h1-4,13-15H,5-12,16-17H2. The van der Waals surface area contributed by atoms with Crippen LogP contribution < -0.4 is 0 Å². The molecule has 1 amide bonds. The fourth-order valence-corrected chi connectivity index (χ4v) is 5.36. The lowest BCUT2D eigenvalue weighted by Crippen LogP contribution is -2.44. The molecule has 0 N–H and O–H groups in total. The van der Waals surface area contributed by atoms with Crippen molar-refractivity contribution in [1.82, 2.24) is 24.6 Å². The van der Waals surface area contributed by atoms with Gasteiger partial charge in [-0.2, -0.15) is 5.10 Å². The minimum atomic E-state index is 0.0379. The van der Waals surface area contributed by atoms with E-state index in [1.807, 2.05) is 24.4 Å². The van der Waals surface area contributed by atoms with E-state index in [0.717, 1.165) is 80.9 Å². The molecule has 1 atom stereocenters. The molecule has 3 aliphatic heterocycles. The third-order valence-electron chi connectivity index (χ3n) is 7.18. The molecule has 1 unspecified atom stereocenters. The molecule has 1 aromatic carbocycles. The van der Waals surface area contributed by atoms with E-state index >= 15 is 0 Å². The molecule has 2 saturated heterocycles. The van der Waals surface area contributed by atoms with E-state index in [1.54, 1.807) is 0 Å². The van der Waals surface area contributed by atoms with Gasteiger partial charge in [-0.15, -0.1) is 0 Å². The van der Waals surface area contributed by atoms with Gasteiger partial charge in [-0.05, 0) is 31.0 Å². The average Bonchev–Trinajstić information content (AvgIpc) is 3.51. The molecular formula is C24H27N5O2. The zero-order valence-electron chi connectivity index (χ0n) is 17.7. The fourth-order valence-electron chi connectivity index (χ4n) is 5.36. The highest BCUT2D eigenvalue weighted by Gasteiger charge is 2.46. The van der Waals surface area contributed by atoms with E-state index in [2.05, 4.69) is 37.7 Å². The number of carbonyl (C=O) groups excluding carboxylic acids is 1. The summed E-state index contributed by atoms with van der Waals surface area (Å²) in [6, 6.07) is 12.6. The van der Waals surface area contributed by atoms with E-state index in [1.165, 1.54) is 5.69 Å². The molecule has 0 radical (unpaired) electrons. The van der Waals surface area contributed by atoms with Gasteiger partial charge in [0.15, 0.2) is 0 Å². The molecule has 1 spiro atoms. The van der Waals surface area contributed by atoms with Crippen molar-refractivity contribution in [2.24, 2.45) is 0 Å². The number of fused-ring (bicyclic) bond motifs is 3. The SMILES string of the molecule is O=C(CN1CCOCC1)N1CCC2(CCn3nc(-c4cnc5ccccc5c4)cc32)C1. The monoisotopic (exact) mass is 417 g/mol. The van der Waals surface area contributed by atoms with Crippen molar-refractivity contribution in [2.45, 2.75) is 24.8 Å². The van der Waals surface area contributed by atoms with Gasteiger partial charge in [0.05, 0.1) is 31.0 Å². The largest absolute Gasteiger partial charge is 0.379 e. The summed E-state index contributed by atoms with van der Waals surface area (Å²) >= 11 is 0. The second-order valence-corrected chi connectivity index (χ2v) is 9.04. The van der Waals surface area contributed by atoms with Crippen molar-refractivity contribution in [3.8, 4) is 11.3 Å². The lowest BCUT2D eigenvalue weighted by Gasteiger charge is -2.29. The lowest BCUT2D eigenvalue weighted by molar-refractivity contribution is -0.132. The molecule has 3 aliphatic rings. The van der Waals surface area contributed by atoms with Crippen LogP contribution in [0.3, 0.4) is 0 Å². The molecule has 2 fully saturated rings. The average molecular weight is 418 g/mol. The van der Waals surface area contributed by atoms with Gasteiger partial charge in [-0.1, -0.05) is 18.2 Å². The van der Waals surface area contributed by atoms with Gasteiger partial charge in [-0.25, -0.2) is 0 Å². The highest BCUT2D eigenvalue weighted by atomic mass is 16.5. The number of ether oxygens (including phenoxy) is 1. The number of aromatic nitrogens is 3. The van der Waals surface area contributed by atoms with Gasteiger partial charge in [-0.3, -0.25) is 19.4 Å². The summed E-state index contributed by atoms with van der Waals surface area (Å²) < 4.78 is 7.56. The zero-order valence-corrected chi connectivity index (χ0v) is 17.7. The number of para-hydroxylation sites is 1. The normalized spacial score (nSPS) is 23.7. The second-order valence-electron chi connectivity index (χ2n) is 9.04. The van der Waals surface area contributed by atoms with Crippen molar-refractivity contribution < 1.29 is 9.53 Å². The number of aryl methyl sites for hydroxylation is 1. The summed E-state index contributed by atoms with van der Waals surface area (Å²) in [4.78, 5) is 21.8. The summed E-state index contributed by atoms with van der Waals surface area (Å²) in [5, 5.41) is 6.03. The van der Waals surface area contributed by atoms with E-state index in [9.17, 15) is 4.79 Å². The van der Waals surface area contributed by atoms with Gasteiger partial charge in [0, 0.05) is 61.0 Å². The lowest BCUT2D eigenvalue weighted by atomic mass is 9.82. The second kappa shape index (κ2) is 7.43. The van der Waals surface area contributed by atoms with Crippen LogP contribution in [0, 0.1) is 0 Å². The van der Waals surface area contributed by atoms with Gasteiger partial charge in [0.1, 0.15) is 0 Å². The van der Waals surface area contributed by atoms with E-state index in [4.69, 9.17) is 9.84 Å². The van der Waals surface area contributed by atoms with Crippen LogP contribution in [0.25, 0.3) is 22.2 Å². The predicted octanol–water partition coefficient (Wildman–Crippen LogP) is 2.30. The highest BCUT2D eigenvalue weighted by Crippen LogP contribution is 2.43. The highest BCUT2D eigenvalue weighted by molar-refractivity contribution is 5.83. The van der Waals surface area contributed by atoms with Gasteiger partial charge in [0.25, 0.3) is 0 Å². The van der Waals surface area contributed by atoms with Crippen LogP contribution >= 0.6 is 0 Å². The molecular weight excluding hydrogens is 390 g/mol. The zero-order chi connectivity index (χ0) is 20.8. The van der Waals surface area contributed by atoms with Crippen molar-refractivity contribution in [1.29, 1.82) is 0 Å². The quantitative estimate of drug-likeness (QED) is 0.654. The van der Waals surface area contributed by atoms with E-state index < -0.39 is 0 Å². The summed E-state index contributed by atoms with van der Waals surface area (Å²) in [6.45, 7) is 6.21. The molecule has 6 rings (SSSR count). The molecule has 0 saturated carbocycles. The van der Waals surface area contributed by atoms with Crippen LogP contribution in [0.15, 0.2) is 42.6 Å². The van der Waals surface area contributed by atoms with Gasteiger partial charge >= 0.3 is 0 Å². The number of nitrogens with zero attached hydrogens (tertiary/aromatic N) is 5. The number of morpholine rings is 1. The number of carbonyl (C=O) groups is 1. The first-order valence-electron chi connectivity index (χ1n) is 11.2. The Morgan fingerprint density at radius 1 is 1.06 bits per heavy atom. The molecule has 0 aliphatic carbocycles. The summed E-state index contributed by atoms with van der Waals surface area (Å²) in [5.74, 6) is 0.246. The van der Waals surface area contributed by atoms with Gasteiger partial charge < -0.3 is 9.64 Å². The molecule has 3 aromatic rings. The molecule has 160 valence electrons. The molecule has 7 nitrogen and oxygen atoms in total. The first-order chi connectivity index (χ1) is 15.2. The van der Waals surface area contributed by atoms with Crippen molar-refractivity contribution >= 4 is 16.8 Å². The molecule has 5 heterocycles. The Labute approximate surface area is 181 Å². The predicted molar refractivity (Wildman–Crippen MR) is 118 cm³/mol. The van der Waals surface area contributed by atoms with Crippen LogP contribution in [0.5, 0.6) is 0 Å². The van der Waals surface area contributed by atoms with Crippen LogP contribution in [0.2, 0.25) is 0 Å². The Balaban J connectivity index is 1.22. The summed E-state index contributed by atoms with van der Waals surface area (Å²) in [6.07, 6.45) is 4.00. The number of amides is 1. The smallest absolute Gasteiger partial charge is 0.236 e. The Bertz CT molecular complexity index is 1140. The van der Waals surface area contributed by atoms with E-state index in [-0.39, 0.29) is 11.3 Å². The third-order valence-corrected chi connectivity index (χ3v) is 7.18. The number of rotatable bonds is 3. The first kappa shape index (κ1) is 19.0. The Kier molecular flexibility index (Phi) is 4.54. The summed E-state index contributed by atoms with van der Waals surface area (Å²) in [5.41, 5.74) is 4.34. The van der Waals surface area contributed by atoms with Crippen molar-refractivity contribution in [3.63, 3.8) is 0 Å². The van der Waals surface area contributed by atoms with E-state index in [0.29, 0.717) is 6.54 Å². The topological polar surface area (TPSA) is 63.5 Å². The maximum Gasteiger partial charge on any atom is 0.236 e. The number of benzene rings is 1. The number of likely N-dealkylation sites (tertiary alicyclic amines) is 1. The van der Waals surface area contributed by atoms with Crippen LogP contribution in [0.1, 0.15) is 18.5 Å². The van der Waals surface area contributed by atoms with Crippen LogP contribution in [0.4, 0.5) is 0 Å². The molecule has 31 heavy (non-hydrogen) atoms. The Morgan fingerprint density at radius 2 is 1.90 bits per heavy atom. The first-order valence-corrected chi connectivity index (χ1v) is 11.2. The molecule has 0 bridgehead atoms. The summed E-state index contributed by atoms with van der Waals surface area (Å²) in [7, 11) is 0. The maximum atomic E-state index is 12.9. The third kappa shape index (κ3) is 3.32. The van der Waals surface area contributed by atoms with Crippen LogP contribution in [-0.4, -0.2) is 76.4 Å². The van der Waals surface area contributed by atoms with Crippen molar-refractivity contribution in [3.05, 3.63) is 48.3 Å². The van der Waals surface area contributed by atoms with Gasteiger partial charge in [0.2, 0.25) is 5.91 Å². The van der Waals surface area contributed by atoms with Crippen LogP contribution in [-0.2, 0) is 21.5 Å². The minimum absolute atomic E-state index is 0.0379. The molecule has 7 heteroatoms.